The lowest BCUT2D eigenvalue weighted by Gasteiger charge is -2.31. The number of rotatable bonds is 3. The van der Waals surface area contributed by atoms with Crippen molar-refractivity contribution in [3.8, 4) is 5.75 Å². The van der Waals surface area contributed by atoms with Crippen molar-refractivity contribution in [2.45, 2.75) is 25.8 Å². The highest BCUT2D eigenvalue weighted by Crippen LogP contribution is 2.30. The summed E-state index contributed by atoms with van der Waals surface area (Å²) >= 11 is 0. The number of carbonyl (C=O) groups excluding carboxylic acids is 1. The minimum atomic E-state index is -0.155. The van der Waals surface area contributed by atoms with Crippen LogP contribution in [0.2, 0.25) is 0 Å². The van der Waals surface area contributed by atoms with Crippen molar-refractivity contribution in [2.75, 3.05) is 25.6 Å². The molecule has 0 aliphatic carbocycles. The molecule has 1 atom stereocenters. The van der Waals surface area contributed by atoms with E-state index in [2.05, 4.69) is 5.32 Å². The molecule has 0 saturated carbocycles. The molecular weight excluding hydrogens is 228 g/mol. The Morgan fingerprint density at radius 1 is 1.50 bits per heavy atom. The highest BCUT2D eigenvalue weighted by molar-refractivity contribution is 5.98. The van der Waals surface area contributed by atoms with Crippen molar-refractivity contribution in [2.24, 2.45) is 0 Å². The van der Waals surface area contributed by atoms with Gasteiger partial charge in [0.2, 0.25) is 5.91 Å². The summed E-state index contributed by atoms with van der Waals surface area (Å²) in [6.07, 6.45) is 2.01. The van der Waals surface area contributed by atoms with E-state index in [1.165, 1.54) is 5.56 Å². The highest BCUT2D eigenvalue weighted by Gasteiger charge is 2.25. The lowest BCUT2D eigenvalue weighted by Crippen LogP contribution is -2.45. The van der Waals surface area contributed by atoms with Gasteiger partial charge in [-0.1, -0.05) is 0 Å². The van der Waals surface area contributed by atoms with Crippen LogP contribution in [0.5, 0.6) is 5.75 Å². The first-order valence-corrected chi connectivity index (χ1v) is 6.33. The normalized spacial score (nSPS) is 16.1. The number of aryl methyl sites for hydroxylation is 1. The fraction of sp³-hybridized carbons (Fsp3) is 0.500. The minimum Gasteiger partial charge on any atom is -0.497 e. The van der Waals surface area contributed by atoms with E-state index in [9.17, 15) is 4.79 Å². The largest absolute Gasteiger partial charge is 0.497 e. The van der Waals surface area contributed by atoms with Crippen LogP contribution in [0.25, 0.3) is 0 Å². The summed E-state index contributed by atoms with van der Waals surface area (Å²) in [4.78, 5) is 14.2. The van der Waals surface area contributed by atoms with Gasteiger partial charge in [-0.25, -0.2) is 0 Å². The molecule has 1 aliphatic heterocycles. The second kappa shape index (κ2) is 5.40. The molecule has 0 fully saturated rings. The smallest absolute Gasteiger partial charge is 0.243 e. The molecule has 1 unspecified atom stereocenters. The third-order valence-corrected chi connectivity index (χ3v) is 3.47. The molecule has 0 radical (unpaired) electrons. The zero-order valence-corrected chi connectivity index (χ0v) is 11.2. The van der Waals surface area contributed by atoms with Gasteiger partial charge in [0, 0.05) is 12.2 Å². The van der Waals surface area contributed by atoms with Crippen LogP contribution in [-0.2, 0) is 11.2 Å². The van der Waals surface area contributed by atoms with Crippen molar-refractivity contribution in [1.82, 2.24) is 5.32 Å². The van der Waals surface area contributed by atoms with Gasteiger partial charge in [0.1, 0.15) is 5.75 Å². The number of nitrogens with one attached hydrogen (secondary N) is 1. The molecule has 1 N–H and O–H groups in total. The van der Waals surface area contributed by atoms with Crippen LogP contribution in [0.1, 0.15) is 18.9 Å². The molecule has 4 heteroatoms. The SMILES string of the molecule is CNC(C)C(=O)N1CCCc2cc(OC)ccc21. The number of hydrogen-bond donors (Lipinski definition) is 1. The second-order valence-electron chi connectivity index (χ2n) is 4.60. The molecule has 2 rings (SSSR count). The molecular formula is C14H20N2O2. The molecule has 18 heavy (non-hydrogen) atoms. The summed E-state index contributed by atoms with van der Waals surface area (Å²) in [5.74, 6) is 0.980. The monoisotopic (exact) mass is 248 g/mol. The third kappa shape index (κ3) is 2.34. The Balaban J connectivity index is 2.30. The Bertz CT molecular complexity index is 445. The van der Waals surface area contributed by atoms with Crippen LogP contribution in [0.4, 0.5) is 5.69 Å². The summed E-state index contributed by atoms with van der Waals surface area (Å²) in [7, 11) is 3.47. The van der Waals surface area contributed by atoms with E-state index in [0.717, 1.165) is 30.8 Å². The molecule has 1 amide bonds. The van der Waals surface area contributed by atoms with Crippen LogP contribution in [0.15, 0.2) is 18.2 Å². The lowest BCUT2D eigenvalue weighted by atomic mass is 10.0. The van der Waals surface area contributed by atoms with Crippen LogP contribution >= 0.6 is 0 Å². The van der Waals surface area contributed by atoms with Gasteiger partial charge >= 0.3 is 0 Å². The number of nitrogens with zero attached hydrogens (tertiary/aromatic N) is 1. The zero-order valence-electron chi connectivity index (χ0n) is 11.2. The Morgan fingerprint density at radius 2 is 2.28 bits per heavy atom. The lowest BCUT2D eigenvalue weighted by molar-refractivity contribution is -0.120. The molecule has 0 spiro atoms. The maximum absolute atomic E-state index is 12.3. The van der Waals surface area contributed by atoms with Crippen LogP contribution in [0.3, 0.4) is 0 Å². The number of fused-ring (bicyclic) bond motifs is 1. The van der Waals surface area contributed by atoms with Crippen LogP contribution < -0.4 is 15.0 Å². The first kappa shape index (κ1) is 12.9. The molecule has 1 aromatic carbocycles. The summed E-state index contributed by atoms with van der Waals surface area (Å²) < 4.78 is 5.23. The van der Waals surface area contributed by atoms with Gasteiger partial charge < -0.3 is 15.0 Å². The van der Waals surface area contributed by atoms with E-state index in [1.54, 1.807) is 14.2 Å². The summed E-state index contributed by atoms with van der Waals surface area (Å²) in [5, 5.41) is 3.00. The van der Waals surface area contributed by atoms with Crippen molar-refractivity contribution < 1.29 is 9.53 Å². The number of ether oxygens (including phenoxy) is 1. The highest BCUT2D eigenvalue weighted by atomic mass is 16.5. The van der Waals surface area contributed by atoms with Crippen LogP contribution in [-0.4, -0.2) is 32.7 Å². The predicted octanol–water partition coefficient (Wildman–Crippen LogP) is 1.58. The van der Waals surface area contributed by atoms with Crippen molar-refractivity contribution in [3.05, 3.63) is 23.8 Å². The second-order valence-corrected chi connectivity index (χ2v) is 4.60. The summed E-state index contributed by atoms with van der Waals surface area (Å²) in [6.45, 7) is 2.68. The average molecular weight is 248 g/mol. The predicted molar refractivity (Wildman–Crippen MR) is 72.2 cm³/mol. The van der Waals surface area contributed by atoms with E-state index in [4.69, 9.17) is 4.74 Å². The number of carbonyl (C=O) groups is 1. The third-order valence-electron chi connectivity index (χ3n) is 3.47. The number of amides is 1. The number of benzene rings is 1. The number of methoxy groups -OCH3 is 1. The Morgan fingerprint density at radius 3 is 2.94 bits per heavy atom. The van der Waals surface area contributed by atoms with Gasteiger partial charge in [0.15, 0.2) is 0 Å². The summed E-state index contributed by atoms with van der Waals surface area (Å²) in [5.41, 5.74) is 2.21. The Hall–Kier alpha value is -1.55. The summed E-state index contributed by atoms with van der Waals surface area (Å²) in [6, 6.07) is 5.76. The van der Waals surface area contributed by atoms with Gasteiger partial charge in [0.25, 0.3) is 0 Å². The molecule has 0 aromatic heterocycles. The first-order valence-electron chi connectivity index (χ1n) is 6.33. The number of hydrogen-bond acceptors (Lipinski definition) is 3. The molecule has 0 bridgehead atoms. The average Bonchev–Trinajstić information content (AvgIpc) is 2.44. The van der Waals surface area contributed by atoms with Crippen molar-refractivity contribution in [1.29, 1.82) is 0 Å². The van der Waals surface area contributed by atoms with E-state index in [1.807, 2.05) is 30.0 Å². The van der Waals surface area contributed by atoms with Gasteiger partial charge in [0.05, 0.1) is 13.2 Å². The van der Waals surface area contributed by atoms with Gasteiger partial charge in [-0.3, -0.25) is 4.79 Å². The maximum Gasteiger partial charge on any atom is 0.243 e. The minimum absolute atomic E-state index is 0.128. The molecule has 0 saturated heterocycles. The van der Waals surface area contributed by atoms with E-state index in [0.29, 0.717) is 0 Å². The van der Waals surface area contributed by atoms with Crippen LogP contribution in [0, 0.1) is 0 Å². The van der Waals surface area contributed by atoms with Crippen molar-refractivity contribution in [3.63, 3.8) is 0 Å². The fourth-order valence-electron chi connectivity index (χ4n) is 2.29. The van der Waals surface area contributed by atoms with Gasteiger partial charge in [-0.2, -0.15) is 0 Å². The molecule has 1 heterocycles. The maximum atomic E-state index is 12.3. The molecule has 98 valence electrons. The van der Waals surface area contributed by atoms with Crippen molar-refractivity contribution >= 4 is 11.6 Å². The number of anilines is 1. The first-order chi connectivity index (χ1) is 8.67. The van der Waals surface area contributed by atoms with E-state index in [-0.39, 0.29) is 11.9 Å². The fourth-order valence-corrected chi connectivity index (χ4v) is 2.29. The number of likely N-dealkylation sites (N-methyl/N-ethyl adjacent to an activating group) is 1. The van der Waals surface area contributed by atoms with E-state index >= 15 is 0 Å². The Labute approximate surface area is 108 Å². The van der Waals surface area contributed by atoms with Gasteiger partial charge in [-0.05, 0) is 50.6 Å². The standard InChI is InChI=1S/C14H20N2O2/c1-10(15-2)14(17)16-8-4-5-11-9-12(18-3)6-7-13(11)16/h6-7,9-10,15H,4-5,8H2,1-3H3. The molecule has 1 aromatic rings. The van der Waals surface area contributed by atoms with E-state index < -0.39 is 0 Å². The topological polar surface area (TPSA) is 41.6 Å². The zero-order chi connectivity index (χ0) is 13.1. The molecule has 4 nitrogen and oxygen atoms in total. The Kier molecular flexibility index (Phi) is 3.87. The van der Waals surface area contributed by atoms with Gasteiger partial charge in [-0.15, -0.1) is 0 Å². The molecule has 1 aliphatic rings. The quantitative estimate of drug-likeness (QED) is 0.883.